The fourth-order valence-corrected chi connectivity index (χ4v) is 5.39. The molecule has 1 atom stereocenters. The summed E-state index contributed by atoms with van der Waals surface area (Å²) >= 11 is 0. The van der Waals surface area contributed by atoms with Crippen molar-refractivity contribution in [2.24, 2.45) is 0 Å². The van der Waals surface area contributed by atoms with Crippen molar-refractivity contribution in [3.63, 3.8) is 0 Å². The lowest BCUT2D eigenvalue weighted by atomic mass is 10.1. The number of aromatic amines is 1. The monoisotopic (exact) mass is 486 g/mol. The van der Waals surface area contributed by atoms with Crippen molar-refractivity contribution in [3.05, 3.63) is 81.9 Å². The molecule has 188 valence electrons. The molecule has 1 fully saturated rings. The minimum atomic E-state index is -0.0670. The third-order valence-electron chi connectivity index (χ3n) is 7.35. The van der Waals surface area contributed by atoms with E-state index in [1.165, 1.54) is 18.4 Å². The van der Waals surface area contributed by atoms with E-state index in [9.17, 15) is 4.79 Å². The van der Waals surface area contributed by atoms with Gasteiger partial charge in [0.25, 0.3) is 5.56 Å². The Labute approximate surface area is 211 Å². The molecule has 1 aliphatic rings. The lowest BCUT2D eigenvalue weighted by molar-refractivity contribution is 0.169. The Bertz CT molecular complexity index is 1340. The Balaban J connectivity index is 1.49. The number of methoxy groups -OCH3 is 1. The molecule has 0 amide bonds. The minimum absolute atomic E-state index is 0.00437. The number of rotatable bonds is 10. The van der Waals surface area contributed by atoms with Gasteiger partial charge < -0.3 is 9.72 Å². The molecule has 5 rings (SSSR count). The van der Waals surface area contributed by atoms with Crippen molar-refractivity contribution in [1.29, 1.82) is 0 Å². The van der Waals surface area contributed by atoms with Crippen LogP contribution < -0.4 is 10.3 Å². The third kappa shape index (κ3) is 5.18. The summed E-state index contributed by atoms with van der Waals surface area (Å²) in [5.74, 6) is 1.67. The zero-order valence-corrected chi connectivity index (χ0v) is 21.1. The highest BCUT2D eigenvalue weighted by atomic mass is 16.5. The molecule has 0 saturated heterocycles. The predicted molar refractivity (Wildman–Crippen MR) is 140 cm³/mol. The van der Waals surface area contributed by atoms with E-state index in [0.29, 0.717) is 12.6 Å². The fraction of sp³-hybridized carbons (Fsp3) is 0.429. The van der Waals surface area contributed by atoms with Gasteiger partial charge in [0.05, 0.1) is 19.2 Å². The Morgan fingerprint density at radius 2 is 1.94 bits per heavy atom. The molecule has 0 bridgehead atoms. The van der Waals surface area contributed by atoms with Crippen molar-refractivity contribution < 1.29 is 4.74 Å². The van der Waals surface area contributed by atoms with Crippen LogP contribution in [0.3, 0.4) is 0 Å². The number of benzene rings is 2. The molecule has 0 radical (unpaired) electrons. The van der Waals surface area contributed by atoms with Crippen LogP contribution in [0, 0.1) is 0 Å². The summed E-state index contributed by atoms with van der Waals surface area (Å²) in [5.41, 5.74) is 2.73. The van der Waals surface area contributed by atoms with E-state index in [1.54, 1.807) is 7.11 Å². The molecule has 1 saturated carbocycles. The number of hydrogen-bond acceptors (Lipinski definition) is 6. The molecule has 2 heterocycles. The average molecular weight is 487 g/mol. The summed E-state index contributed by atoms with van der Waals surface area (Å²) < 4.78 is 7.45. The quantitative estimate of drug-likeness (QED) is 0.345. The van der Waals surface area contributed by atoms with E-state index in [1.807, 2.05) is 35.0 Å². The van der Waals surface area contributed by atoms with Crippen molar-refractivity contribution in [1.82, 2.24) is 30.1 Å². The Kier molecular flexibility index (Phi) is 7.41. The highest BCUT2D eigenvalue weighted by molar-refractivity contribution is 5.80. The van der Waals surface area contributed by atoms with Crippen molar-refractivity contribution in [2.75, 3.05) is 13.7 Å². The molecule has 8 heteroatoms. The number of H-pyrrole nitrogens is 1. The smallest absolute Gasteiger partial charge is 0.252 e. The summed E-state index contributed by atoms with van der Waals surface area (Å²) in [5, 5.41) is 13.9. The van der Waals surface area contributed by atoms with Crippen LogP contribution in [0.15, 0.2) is 59.4 Å². The summed E-state index contributed by atoms with van der Waals surface area (Å²) in [6.45, 7) is 3.46. The molecule has 0 unspecified atom stereocenters. The first-order chi connectivity index (χ1) is 17.7. The van der Waals surface area contributed by atoms with Gasteiger partial charge in [-0.1, -0.05) is 50.1 Å². The van der Waals surface area contributed by atoms with Crippen molar-refractivity contribution in [2.45, 2.75) is 64.1 Å². The predicted octanol–water partition coefficient (Wildman–Crippen LogP) is 4.83. The van der Waals surface area contributed by atoms with Crippen LogP contribution in [0.4, 0.5) is 0 Å². The Hall–Kier alpha value is -3.52. The molecule has 8 nitrogen and oxygen atoms in total. The van der Waals surface area contributed by atoms with Crippen LogP contribution in [0.25, 0.3) is 10.9 Å². The first-order valence-corrected chi connectivity index (χ1v) is 12.9. The van der Waals surface area contributed by atoms with Gasteiger partial charge in [0.15, 0.2) is 5.82 Å². The van der Waals surface area contributed by atoms with Gasteiger partial charge in [-0.15, -0.1) is 5.10 Å². The van der Waals surface area contributed by atoms with Gasteiger partial charge in [-0.05, 0) is 65.9 Å². The van der Waals surface area contributed by atoms with Gasteiger partial charge in [0.2, 0.25) is 0 Å². The van der Waals surface area contributed by atoms with Crippen LogP contribution in [-0.4, -0.2) is 43.7 Å². The molecule has 0 aliphatic heterocycles. The number of tetrazole rings is 1. The highest BCUT2D eigenvalue weighted by Crippen LogP contribution is 2.33. The molecule has 4 aromatic rings. The Morgan fingerprint density at radius 1 is 1.14 bits per heavy atom. The molecule has 0 spiro atoms. The van der Waals surface area contributed by atoms with Crippen LogP contribution in [-0.2, 0) is 13.0 Å². The molecule has 2 aromatic carbocycles. The molecular weight excluding hydrogens is 452 g/mol. The SMILES string of the molecule is CC[C@@H](c1nnnn1C1CCCC1)N(CCc1ccccc1)Cc1cc2cc(OC)ccc2[nH]c1=O. The molecular formula is C28H34N6O2. The number of aromatic nitrogens is 5. The normalized spacial score (nSPS) is 15.1. The van der Waals surface area contributed by atoms with Gasteiger partial charge in [0, 0.05) is 29.6 Å². The number of nitrogens with zero attached hydrogens (tertiary/aromatic N) is 5. The zero-order chi connectivity index (χ0) is 24.9. The molecule has 36 heavy (non-hydrogen) atoms. The zero-order valence-electron chi connectivity index (χ0n) is 21.1. The number of fused-ring (bicyclic) bond motifs is 1. The van der Waals surface area contributed by atoms with E-state index >= 15 is 0 Å². The van der Waals surface area contributed by atoms with Crippen LogP contribution in [0.2, 0.25) is 0 Å². The Morgan fingerprint density at radius 3 is 2.69 bits per heavy atom. The maximum Gasteiger partial charge on any atom is 0.252 e. The van der Waals surface area contributed by atoms with E-state index in [2.05, 4.69) is 56.6 Å². The number of ether oxygens (including phenoxy) is 1. The first kappa shape index (κ1) is 24.2. The maximum atomic E-state index is 13.1. The molecule has 2 aromatic heterocycles. The second-order valence-corrected chi connectivity index (χ2v) is 9.63. The third-order valence-corrected chi connectivity index (χ3v) is 7.35. The van der Waals surface area contributed by atoms with E-state index in [0.717, 1.165) is 60.3 Å². The fourth-order valence-electron chi connectivity index (χ4n) is 5.39. The van der Waals surface area contributed by atoms with Crippen LogP contribution >= 0.6 is 0 Å². The minimum Gasteiger partial charge on any atom is -0.497 e. The van der Waals surface area contributed by atoms with Gasteiger partial charge in [0.1, 0.15) is 5.75 Å². The summed E-state index contributed by atoms with van der Waals surface area (Å²) in [4.78, 5) is 18.5. The largest absolute Gasteiger partial charge is 0.497 e. The summed E-state index contributed by atoms with van der Waals surface area (Å²) in [7, 11) is 1.65. The second kappa shape index (κ2) is 11.0. The summed E-state index contributed by atoms with van der Waals surface area (Å²) in [6, 6.07) is 18.5. The topological polar surface area (TPSA) is 88.9 Å². The van der Waals surface area contributed by atoms with Crippen LogP contribution in [0.5, 0.6) is 5.75 Å². The molecule has 1 N–H and O–H groups in total. The summed E-state index contributed by atoms with van der Waals surface area (Å²) in [6.07, 6.45) is 6.39. The van der Waals surface area contributed by atoms with Gasteiger partial charge in [-0.2, -0.15) is 0 Å². The van der Waals surface area contributed by atoms with E-state index in [4.69, 9.17) is 4.74 Å². The number of pyridine rings is 1. The highest BCUT2D eigenvalue weighted by Gasteiger charge is 2.29. The van der Waals surface area contributed by atoms with Crippen molar-refractivity contribution in [3.8, 4) is 5.75 Å². The first-order valence-electron chi connectivity index (χ1n) is 12.9. The van der Waals surface area contributed by atoms with Gasteiger partial charge in [-0.3, -0.25) is 9.69 Å². The van der Waals surface area contributed by atoms with Crippen molar-refractivity contribution >= 4 is 10.9 Å². The average Bonchev–Trinajstić information content (AvgIpc) is 3.61. The second-order valence-electron chi connectivity index (χ2n) is 9.63. The lowest BCUT2D eigenvalue weighted by Crippen LogP contribution is -2.34. The van der Waals surface area contributed by atoms with Gasteiger partial charge in [-0.25, -0.2) is 4.68 Å². The maximum absolute atomic E-state index is 13.1. The van der Waals surface area contributed by atoms with E-state index < -0.39 is 0 Å². The molecule has 1 aliphatic carbocycles. The lowest BCUT2D eigenvalue weighted by Gasteiger charge is -2.31. The van der Waals surface area contributed by atoms with Crippen LogP contribution in [0.1, 0.15) is 68.1 Å². The van der Waals surface area contributed by atoms with Gasteiger partial charge >= 0.3 is 0 Å². The number of hydrogen-bond donors (Lipinski definition) is 1. The van der Waals surface area contributed by atoms with E-state index in [-0.39, 0.29) is 11.6 Å². The number of nitrogens with one attached hydrogen (secondary N) is 1. The standard InChI is InChI=1S/C28H34N6O2/c1-3-26(27-30-31-32-34(27)23-11-7-8-12-23)33(16-15-20-9-5-4-6-10-20)19-22-17-21-18-24(36-2)13-14-25(21)29-28(22)35/h4-6,9-10,13-14,17-18,23,26H,3,7-8,11-12,15-16,19H2,1-2H3,(H,29,35)/t26-/m0/s1.